The van der Waals surface area contributed by atoms with E-state index in [1.807, 2.05) is 24.3 Å². The number of aryl methyl sites for hydroxylation is 2. The number of aliphatic imine (C=N–C) groups is 1. The molecule has 0 aliphatic heterocycles. The van der Waals surface area contributed by atoms with Crippen molar-refractivity contribution >= 4 is 22.7 Å². The van der Waals surface area contributed by atoms with Crippen LogP contribution in [0.15, 0.2) is 41.4 Å². The van der Waals surface area contributed by atoms with Crippen LogP contribution >= 0.6 is 11.3 Å². The summed E-state index contributed by atoms with van der Waals surface area (Å²) in [7, 11) is 4.93. The lowest BCUT2D eigenvalue weighted by molar-refractivity contribution is 0.355. The molecule has 0 atom stereocenters. The van der Waals surface area contributed by atoms with Crippen LogP contribution in [-0.2, 0) is 12.8 Å². The van der Waals surface area contributed by atoms with Crippen molar-refractivity contribution in [3.63, 3.8) is 0 Å². The van der Waals surface area contributed by atoms with Crippen molar-refractivity contribution < 1.29 is 14.2 Å². The second kappa shape index (κ2) is 7.40. The van der Waals surface area contributed by atoms with Crippen molar-refractivity contribution in [2.24, 2.45) is 4.99 Å². The number of aromatic nitrogens is 1. The van der Waals surface area contributed by atoms with Gasteiger partial charge in [-0.1, -0.05) is 17.4 Å². The minimum atomic E-state index is 0.681. The Morgan fingerprint density at radius 3 is 2.59 bits per heavy atom. The second-order valence-electron chi connectivity index (χ2n) is 6.16. The number of methoxy groups -OCH3 is 3. The summed E-state index contributed by atoms with van der Waals surface area (Å²) >= 11 is 1.64. The van der Waals surface area contributed by atoms with Crippen LogP contribution in [0.3, 0.4) is 0 Å². The number of benzene rings is 2. The van der Waals surface area contributed by atoms with Crippen molar-refractivity contribution in [1.82, 2.24) is 4.98 Å². The number of fused-ring (bicyclic) bond motifs is 3. The van der Waals surface area contributed by atoms with Gasteiger partial charge in [-0.05, 0) is 54.3 Å². The number of hydrogen-bond donors (Lipinski definition) is 0. The van der Waals surface area contributed by atoms with E-state index in [1.165, 1.54) is 10.4 Å². The topological polar surface area (TPSA) is 52.9 Å². The van der Waals surface area contributed by atoms with Gasteiger partial charge >= 0.3 is 0 Å². The molecule has 0 spiro atoms. The van der Waals surface area contributed by atoms with Gasteiger partial charge in [0, 0.05) is 16.7 Å². The van der Waals surface area contributed by atoms with E-state index in [2.05, 4.69) is 17.1 Å². The number of rotatable bonds is 5. The molecule has 0 fully saturated rings. The van der Waals surface area contributed by atoms with Crippen LogP contribution < -0.4 is 14.2 Å². The van der Waals surface area contributed by atoms with Crippen LogP contribution in [0.5, 0.6) is 17.2 Å². The molecular formula is C21H20N2O3S. The fourth-order valence-electron chi connectivity index (χ4n) is 3.21. The summed E-state index contributed by atoms with van der Waals surface area (Å²) in [4.78, 5) is 10.6. The summed E-state index contributed by atoms with van der Waals surface area (Å²) in [6.45, 7) is 0. The van der Waals surface area contributed by atoms with E-state index in [1.54, 1.807) is 38.9 Å². The van der Waals surface area contributed by atoms with Gasteiger partial charge in [0.1, 0.15) is 5.75 Å². The van der Waals surface area contributed by atoms with E-state index in [4.69, 9.17) is 19.2 Å². The lowest BCUT2D eigenvalue weighted by Gasteiger charge is -2.15. The molecule has 4 rings (SSSR count). The first-order valence-corrected chi connectivity index (χ1v) is 9.46. The predicted octanol–water partition coefficient (Wildman–Crippen LogP) is 4.69. The maximum atomic E-state index is 5.37. The Balaban J connectivity index is 1.64. The zero-order valence-electron chi connectivity index (χ0n) is 15.5. The Morgan fingerprint density at radius 2 is 1.81 bits per heavy atom. The minimum absolute atomic E-state index is 0.681. The third-order valence-corrected chi connectivity index (χ3v) is 5.63. The highest BCUT2D eigenvalue weighted by Gasteiger charge is 2.21. The Morgan fingerprint density at radius 1 is 0.963 bits per heavy atom. The van der Waals surface area contributed by atoms with Crippen LogP contribution in [0.2, 0.25) is 0 Å². The van der Waals surface area contributed by atoms with Gasteiger partial charge < -0.3 is 14.2 Å². The molecule has 0 amide bonds. The van der Waals surface area contributed by atoms with Gasteiger partial charge in [-0.25, -0.2) is 9.98 Å². The minimum Gasteiger partial charge on any atom is -0.497 e. The number of thiazole rings is 1. The molecule has 2 aromatic carbocycles. The Kier molecular flexibility index (Phi) is 4.81. The molecule has 1 aromatic heterocycles. The average Bonchev–Trinajstić information content (AvgIpc) is 3.15. The molecule has 1 aliphatic rings. The van der Waals surface area contributed by atoms with Gasteiger partial charge in [0.15, 0.2) is 11.5 Å². The summed E-state index contributed by atoms with van der Waals surface area (Å²) in [5.41, 5.74) is 4.42. The number of nitrogens with zero attached hydrogens (tertiary/aromatic N) is 2. The molecule has 138 valence electrons. The highest BCUT2D eigenvalue weighted by molar-refractivity contribution is 7.15. The molecular weight excluding hydrogens is 360 g/mol. The molecule has 6 heteroatoms. The van der Waals surface area contributed by atoms with E-state index >= 15 is 0 Å². The van der Waals surface area contributed by atoms with E-state index in [-0.39, 0.29) is 0 Å². The van der Waals surface area contributed by atoms with Crippen molar-refractivity contribution in [1.29, 1.82) is 0 Å². The van der Waals surface area contributed by atoms with Crippen molar-refractivity contribution in [3.8, 4) is 28.5 Å². The van der Waals surface area contributed by atoms with Gasteiger partial charge in [-0.2, -0.15) is 0 Å². The third kappa shape index (κ3) is 3.40. The van der Waals surface area contributed by atoms with Gasteiger partial charge in [0.05, 0.1) is 27.0 Å². The molecule has 0 unspecified atom stereocenters. The van der Waals surface area contributed by atoms with E-state index < -0.39 is 0 Å². The monoisotopic (exact) mass is 380 g/mol. The molecule has 0 bridgehead atoms. The second-order valence-corrected chi connectivity index (χ2v) is 7.23. The highest BCUT2D eigenvalue weighted by atomic mass is 32.1. The standard InChI is InChI=1S/C21H20N2O3S/c1-24-15-7-5-14-6-9-19-20(16(14)11-15)23-21(27-19)22-12-13-4-8-17(25-2)18(10-13)26-3/h4-5,7-8,10-12H,6,9H2,1-3H3. The molecule has 1 aliphatic carbocycles. The van der Waals surface area contributed by atoms with Crippen LogP contribution in [0.4, 0.5) is 5.13 Å². The maximum absolute atomic E-state index is 5.37. The van der Waals surface area contributed by atoms with Crippen LogP contribution in [0.1, 0.15) is 16.0 Å². The van der Waals surface area contributed by atoms with Crippen LogP contribution in [0.25, 0.3) is 11.3 Å². The number of ether oxygens (including phenoxy) is 3. The SMILES string of the molecule is COc1ccc2c(c1)-c1nc(N=Cc3ccc(OC)c(OC)c3)sc1CC2. The van der Waals surface area contributed by atoms with Crippen molar-refractivity contribution in [2.75, 3.05) is 21.3 Å². The van der Waals surface area contributed by atoms with Gasteiger partial charge in [-0.15, -0.1) is 0 Å². The van der Waals surface area contributed by atoms with Gasteiger partial charge in [-0.3, -0.25) is 0 Å². The highest BCUT2D eigenvalue weighted by Crippen LogP contribution is 2.40. The Hall–Kier alpha value is -2.86. The quantitative estimate of drug-likeness (QED) is 0.603. The molecule has 0 saturated heterocycles. The van der Waals surface area contributed by atoms with E-state index in [0.29, 0.717) is 11.5 Å². The molecule has 5 nitrogen and oxygen atoms in total. The summed E-state index contributed by atoms with van der Waals surface area (Å²) in [6, 6.07) is 11.9. The average molecular weight is 380 g/mol. The fourth-order valence-corrected chi connectivity index (χ4v) is 4.13. The molecule has 0 radical (unpaired) electrons. The molecule has 1 heterocycles. The largest absolute Gasteiger partial charge is 0.497 e. The van der Waals surface area contributed by atoms with Gasteiger partial charge in [0.2, 0.25) is 5.13 Å². The predicted molar refractivity (Wildman–Crippen MR) is 108 cm³/mol. The molecule has 3 aromatic rings. The Bertz CT molecular complexity index is 1010. The third-order valence-electron chi connectivity index (χ3n) is 4.61. The Labute approximate surface area is 162 Å². The van der Waals surface area contributed by atoms with E-state index in [0.717, 1.165) is 40.5 Å². The van der Waals surface area contributed by atoms with Crippen LogP contribution in [0, 0.1) is 0 Å². The summed E-state index contributed by atoms with van der Waals surface area (Å²) in [5.74, 6) is 2.23. The summed E-state index contributed by atoms with van der Waals surface area (Å²) < 4.78 is 16.0. The zero-order chi connectivity index (χ0) is 18.8. The van der Waals surface area contributed by atoms with Gasteiger partial charge in [0.25, 0.3) is 0 Å². The normalized spacial score (nSPS) is 12.6. The maximum Gasteiger partial charge on any atom is 0.209 e. The zero-order valence-corrected chi connectivity index (χ0v) is 16.3. The number of hydrogen-bond acceptors (Lipinski definition) is 6. The summed E-state index contributed by atoms with van der Waals surface area (Å²) in [5, 5.41) is 0.755. The smallest absolute Gasteiger partial charge is 0.209 e. The van der Waals surface area contributed by atoms with Crippen LogP contribution in [-0.4, -0.2) is 32.5 Å². The molecule has 0 saturated carbocycles. The first kappa shape index (κ1) is 17.5. The first-order chi connectivity index (χ1) is 13.2. The fraction of sp³-hybridized carbons (Fsp3) is 0.238. The van der Waals surface area contributed by atoms with Crippen molar-refractivity contribution in [2.45, 2.75) is 12.8 Å². The van der Waals surface area contributed by atoms with E-state index in [9.17, 15) is 0 Å². The summed E-state index contributed by atoms with van der Waals surface area (Å²) in [6.07, 6.45) is 3.82. The lowest BCUT2D eigenvalue weighted by Crippen LogP contribution is -2.02. The van der Waals surface area contributed by atoms with Crippen molar-refractivity contribution in [3.05, 3.63) is 52.4 Å². The lowest BCUT2D eigenvalue weighted by atomic mass is 9.93. The molecule has 27 heavy (non-hydrogen) atoms. The first-order valence-electron chi connectivity index (χ1n) is 8.65. The molecule has 0 N–H and O–H groups in total.